The maximum atomic E-state index is 6.95. The smallest absolute Gasteiger partial charge is 0.143 e. The lowest BCUT2D eigenvalue weighted by atomic mass is 9.70. The third-order valence-electron chi connectivity index (χ3n) is 14.9. The summed E-state index contributed by atoms with van der Waals surface area (Å²) in [4.78, 5) is 2.51. The zero-order valence-corrected chi connectivity index (χ0v) is 37.6. The molecular formula is C65H39NOS. The first kappa shape index (κ1) is 37.7. The quantitative estimate of drug-likeness (QED) is 0.171. The van der Waals surface area contributed by atoms with Crippen molar-refractivity contribution in [2.24, 2.45) is 0 Å². The summed E-state index contributed by atoms with van der Waals surface area (Å²) in [6.07, 6.45) is 0. The molecule has 2 aliphatic rings. The van der Waals surface area contributed by atoms with E-state index in [4.69, 9.17) is 4.42 Å². The molecule has 0 radical (unpaired) electrons. The largest absolute Gasteiger partial charge is 0.455 e. The van der Waals surface area contributed by atoms with Gasteiger partial charge in [-0.2, -0.15) is 0 Å². The molecule has 15 rings (SSSR count). The van der Waals surface area contributed by atoms with Gasteiger partial charge in [0.05, 0.1) is 16.8 Å². The van der Waals surface area contributed by atoms with Crippen molar-refractivity contribution in [2.75, 3.05) is 4.90 Å². The topological polar surface area (TPSA) is 16.4 Å². The van der Waals surface area contributed by atoms with Gasteiger partial charge in [-0.3, -0.25) is 0 Å². The van der Waals surface area contributed by atoms with E-state index >= 15 is 0 Å². The summed E-state index contributed by atoms with van der Waals surface area (Å²) in [6.45, 7) is 0. The third kappa shape index (κ3) is 5.11. The minimum Gasteiger partial charge on any atom is -0.455 e. The van der Waals surface area contributed by atoms with Crippen molar-refractivity contribution in [2.45, 2.75) is 5.41 Å². The van der Waals surface area contributed by atoms with Crippen LogP contribution in [0.1, 0.15) is 22.3 Å². The molecule has 0 N–H and O–H groups in total. The van der Waals surface area contributed by atoms with Crippen molar-refractivity contribution in [3.05, 3.63) is 259 Å². The number of fused-ring (bicyclic) bond motifs is 17. The summed E-state index contributed by atoms with van der Waals surface area (Å²) < 4.78 is 9.57. The Hall–Kier alpha value is -8.50. The maximum absolute atomic E-state index is 6.95. The Bertz CT molecular complexity index is 4180. The van der Waals surface area contributed by atoms with Crippen LogP contribution < -0.4 is 4.90 Å². The normalized spacial score (nSPS) is 13.1. The Morgan fingerprint density at radius 1 is 0.368 bits per heavy atom. The predicted molar refractivity (Wildman–Crippen MR) is 286 cm³/mol. The molecular weight excluding hydrogens is 843 g/mol. The van der Waals surface area contributed by atoms with Gasteiger partial charge < -0.3 is 9.32 Å². The minimum absolute atomic E-state index is 0.476. The summed E-state index contributed by atoms with van der Waals surface area (Å²) in [5.41, 5.74) is 19.6. The number of furan rings is 1. The van der Waals surface area contributed by atoms with Gasteiger partial charge in [0, 0.05) is 53.3 Å². The monoisotopic (exact) mass is 881 g/mol. The van der Waals surface area contributed by atoms with Crippen LogP contribution in [0.5, 0.6) is 0 Å². The summed E-state index contributed by atoms with van der Waals surface area (Å²) >= 11 is 1.88. The molecule has 2 heterocycles. The van der Waals surface area contributed by atoms with Gasteiger partial charge in [0.15, 0.2) is 0 Å². The lowest BCUT2D eigenvalue weighted by molar-refractivity contribution is 0.670. The Kier molecular flexibility index (Phi) is 7.90. The third-order valence-corrected chi connectivity index (χ3v) is 16.1. The predicted octanol–water partition coefficient (Wildman–Crippen LogP) is 18.3. The van der Waals surface area contributed by atoms with Crippen molar-refractivity contribution < 1.29 is 4.42 Å². The van der Waals surface area contributed by atoms with Gasteiger partial charge in [0.25, 0.3) is 0 Å². The van der Waals surface area contributed by atoms with E-state index in [1.807, 2.05) is 11.3 Å². The van der Waals surface area contributed by atoms with Crippen LogP contribution in [-0.4, -0.2) is 0 Å². The maximum Gasteiger partial charge on any atom is 0.143 e. The molecule has 2 aliphatic carbocycles. The van der Waals surface area contributed by atoms with Crippen LogP contribution in [-0.2, 0) is 5.41 Å². The Balaban J connectivity index is 0.990. The van der Waals surface area contributed by atoms with E-state index in [0.717, 1.165) is 50.1 Å². The number of thiophene rings is 1. The number of benzene rings is 11. The first-order valence-electron chi connectivity index (χ1n) is 23.4. The minimum atomic E-state index is -0.476. The van der Waals surface area contributed by atoms with E-state index in [2.05, 4.69) is 241 Å². The average Bonchev–Trinajstić information content (AvgIpc) is 4.14. The molecule has 0 saturated carbocycles. The van der Waals surface area contributed by atoms with Gasteiger partial charge in [-0.15, -0.1) is 11.3 Å². The molecule has 316 valence electrons. The molecule has 2 nitrogen and oxygen atoms in total. The van der Waals surface area contributed by atoms with Gasteiger partial charge in [0.1, 0.15) is 11.2 Å². The Morgan fingerprint density at radius 3 is 1.69 bits per heavy atom. The van der Waals surface area contributed by atoms with Crippen molar-refractivity contribution >= 4 is 81.3 Å². The highest BCUT2D eigenvalue weighted by Crippen LogP contribution is 2.65. The zero-order valence-electron chi connectivity index (χ0n) is 36.8. The average molecular weight is 882 g/mol. The molecule has 0 saturated heterocycles. The van der Waals surface area contributed by atoms with Gasteiger partial charge in [-0.05, 0) is 103 Å². The zero-order chi connectivity index (χ0) is 44.5. The standard InChI is InChI=1S/C65H39NOS/c1-2-17-42-39-60-53(38-41(42)16-1)50-25-14-24-49(63(50)67-60)47-20-6-11-31-58(47)66(43-36-34-40(35-37-43)44-23-13-26-51-48-21-7-12-33-61(48)68-64(44)51)59-32-15-30-57-62(59)52-22-5-10-29-56(52)65(57)54-27-8-3-18-45(54)46-19-4-9-28-55(46)65/h1-39H. The Labute approximate surface area is 397 Å². The molecule has 0 bridgehead atoms. The molecule has 11 aromatic carbocycles. The van der Waals surface area contributed by atoms with Crippen LogP contribution in [0.25, 0.3) is 97.4 Å². The van der Waals surface area contributed by atoms with Crippen LogP contribution in [0.4, 0.5) is 17.1 Å². The molecule has 13 aromatic rings. The number of anilines is 3. The number of hydrogen-bond donors (Lipinski definition) is 0. The van der Waals surface area contributed by atoms with E-state index in [-0.39, 0.29) is 0 Å². The van der Waals surface area contributed by atoms with Gasteiger partial charge in [-0.1, -0.05) is 194 Å². The van der Waals surface area contributed by atoms with Crippen LogP contribution in [0.2, 0.25) is 0 Å². The van der Waals surface area contributed by atoms with E-state index in [1.54, 1.807) is 0 Å². The summed E-state index contributed by atoms with van der Waals surface area (Å²) in [7, 11) is 0. The van der Waals surface area contributed by atoms with Crippen molar-refractivity contribution in [3.63, 3.8) is 0 Å². The highest BCUT2D eigenvalue weighted by Gasteiger charge is 2.52. The van der Waals surface area contributed by atoms with Gasteiger partial charge in [-0.25, -0.2) is 0 Å². The van der Waals surface area contributed by atoms with E-state index in [9.17, 15) is 0 Å². The second-order valence-corrected chi connectivity index (χ2v) is 19.3. The Morgan fingerprint density at radius 2 is 0.912 bits per heavy atom. The molecule has 0 aliphatic heterocycles. The van der Waals surface area contributed by atoms with E-state index in [1.165, 1.54) is 86.6 Å². The summed E-state index contributed by atoms with van der Waals surface area (Å²) in [6, 6.07) is 87.5. The van der Waals surface area contributed by atoms with Crippen molar-refractivity contribution in [1.82, 2.24) is 0 Å². The summed E-state index contributed by atoms with van der Waals surface area (Å²) in [5.74, 6) is 0. The lowest BCUT2D eigenvalue weighted by Gasteiger charge is -2.32. The van der Waals surface area contributed by atoms with Crippen LogP contribution >= 0.6 is 11.3 Å². The van der Waals surface area contributed by atoms with Crippen LogP contribution in [0.3, 0.4) is 0 Å². The number of nitrogens with zero attached hydrogens (tertiary/aromatic N) is 1. The first-order chi connectivity index (χ1) is 33.7. The fraction of sp³-hybridized carbons (Fsp3) is 0.0154. The van der Waals surface area contributed by atoms with E-state index < -0.39 is 5.41 Å². The molecule has 0 amide bonds. The second-order valence-electron chi connectivity index (χ2n) is 18.2. The van der Waals surface area contributed by atoms with Crippen molar-refractivity contribution in [1.29, 1.82) is 0 Å². The molecule has 3 heteroatoms. The summed E-state index contributed by atoms with van der Waals surface area (Å²) in [5, 5.41) is 7.22. The second kappa shape index (κ2) is 14.3. The number of rotatable bonds is 5. The van der Waals surface area contributed by atoms with Crippen molar-refractivity contribution in [3.8, 4) is 44.5 Å². The molecule has 0 unspecified atom stereocenters. The molecule has 68 heavy (non-hydrogen) atoms. The van der Waals surface area contributed by atoms with Crippen LogP contribution in [0, 0.1) is 0 Å². The first-order valence-corrected chi connectivity index (χ1v) is 24.2. The number of hydrogen-bond acceptors (Lipinski definition) is 3. The molecule has 0 fully saturated rings. The fourth-order valence-electron chi connectivity index (χ4n) is 12.1. The van der Waals surface area contributed by atoms with E-state index in [0.29, 0.717) is 0 Å². The highest BCUT2D eigenvalue weighted by molar-refractivity contribution is 7.26. The lowest BCUT2D eigenvalue weighted by Crippen LogP contribution is -2.26. The van der Waals surface area contributed by atoms with Crippen LogP contribution in [0.15, 0.2) is 241 Å². The highest BCUT2D eigenvalue weighted by atomic mass is 32.1. The van der Waals surface area contributed by atoms with Gasteiger partial charge >= 0.3 is 0 Å². The molecule has 2 aromatic heterocycles. The molecule has 1 spiro atoms. The number of para-hydroxylation sites is 2. The van der Waals surface area contributed by atoms with Gasteiger partial charge in [0.2, 0.25) is 0 Å². The molecule has 0 atom stereocenters. The fourth-order valence-corrected chi connectivity index (χ4v) is 13.3. The SMILES string of the molecule is c1ccc(N(c2ccc(-c3cccc4c3sc3ccccc34)cc2)c2cccc3c2-c2ccccc2C32c3ccccc3-c3ccccc32)c(-c2cccc3c2oc2cc4ccccc4cc23)c1.